The lowest BCUT2D eigenvalue weighted by Crippen LogP contribution is -2.48. The first-order valence-corrected chi connectivity index (χ1v) is 7.04. The maximum atomic E-state index is 12.2. The van der Waals surface area contributed by atoms with Gasteiger partial charge >= 0.3 is 0 Å². The summed E-state index contributed by atoms with van der Waals surface area (Å²) in [5.41, 5.74) is 6.97. The van der Waals surface area contributed by atoms with E-state index in [4.69, 9.17) is 5.73 Å². The molecule has 1 heterocycles. The summed E-state index contributed by atoms with van der Waals surface area (Å²) in [4.78, 5) is 12.2. The van der Waals surface area contributed by atoms with E-state index >= 15 is 0 Å². The van der Waals surface area contributed by atoms with E-state index in [2.05, 4.69) is 10.4 Å². The normalized spacial score (nSPS) is 14.2. The molecule has 108 valence electrons. The number of hydrogen-bond acceptors (Lipinski definition) is 3. The van der Waals surface area contributed by atoms with Gasteiger partial charge in [0.15, 0.2) is 0 Å². The van der Waals surface area contributed by atoms with Gasteiger partial charge in [0.25, 0.3) is 0 Å². The third-order valence-corrected chi connectivity index (χ3v) is 3.49. The molecule has 0 spiro atoms. The van der Waals surface area contributed by atoms with E-state index < -0.39 is 5.54 Å². The standard InChI is InChI=1S/C15H22N4O/c1-4-8-15(3,16)14(20)18-12-7-6-11-10-17-19(5-2)13(11)9-12/h6-7,9-10H,4-5,8,16H2,1-3H3,(H,18,20). The first-order chi connectivity index (χ1) is 9.47. The van der Waals surface area contributed by atoms with Crippen LogP contribution in [0.4, 0.5) is 5.69 Å². The van der Waals surface area contributed by atoms with Gasteiger partial charge in [0.05, 0.1) is 17.3 Å². The number of carbonyl (C=O) groups excluding carboxylic acids is 1. The Morgan fingerprint density at radius 2 is 2.20 bits per heavy atom. The molecular formula is C15H22N4O. The summed E-state index contributed by atoms with van der Waals surface area (Å²) in [5.74, 6) is -0.152. The van der Waals surface area contributed by atoms with Crippen molar-refractivity contribution in [3.05, 3.63) is 24.4 Å². The van der Waals surface area contributed by atoms with Crippen molar-refractivity contribution < 1.29 is 4.79 Å². The predicted octanol–water partition coefficient (Wildman–Crippen LogP) is 2.51. The maximum absolute atomic E-state index is 12.2. The second-order valence-corrected chi connectivity index (χ2v) is 5.36. The van der Waals surface area contributed by atoms with Crippen LogP contribution in [-0.2, 0) is 11.3 Å². The molecule has 5 nitrogen and oxygen atoms in total. The number of hydrogen-bond donors (Lipinski definition) is 2. The van der Waals surface area contributed by atoms with Crippen LogP contribution in [0.2, 0.25) is 0 Å². The fraction of sp³-hybridized carbons (Fsp3) is 0.467. The summed E-state index contributed by atoms with van der Waals surface area (Å²) in [7, 11) is 0. The summed E-state index contributed by atoms with van der Waals surface area (Å²) >= 11 is 0. The van der Waals surface area contributed by atoms with Gasteiger partial charge in [-0.25, -0.2) is 0 Å². The molecule has 1 atom stereocenters. The van der Waals surface area contributed by atoms with Crippen molar-refractivity contribution in [2.75, 3.05) is 5.32 Å². The van der Waals surface area contributed by atoms with Gasteiger partial charge in [-0.1, -0.05) is 13.3 Å². The summed E-state index contributed by atoms with van der Waals surface area (Å²) in [6.07, 6.45) is 3.37. The molecule has 0 saturated heterocycles. The van der Waals surface area contributed by atoms with E-state index in [1.807, 2.05) is 42.9 Å². The highest BCUT2D eigenvalue weighted by Crippen LogP contribution is 2.20. The van der Waals surface area contributed by atoms with Crippen LogP contribution < -0.4 is 11.1 Å². The minimum atomic E-state index is -0.839. The van der Waals surface area contributed by atoms with Crippen LogP contribution in [-0.4, -0.2) is 21.2 Å². The lowest BCUT2D eigenvalue weighted by molar-refractivity contribution is -0.120. The third-order valence-electron chi connectivity index (χ3n) is 3.49. The molecule has 1 amide bonds. The van der Waals surface area contributed by atoms with E-state index in [0.717, 1.165) is 29.6 Å². The Kier molecular flexibility index (Phi) is 4.09. The van der Waals surface area contributed by atoms with Crippen LogP contribution in [0.15, 0.2) is 24.4 Å². The van der Waals surface area contributed by atoms with Gasteiger partial charge in [-0.2, -0.15) is 5.10 Å². The van der Waals surface area contributed by atoms with Crippen LogP contribution in [0.25, 0.3) is 10.9 Å². The fourth-order valence-corrected chi connectivity index (χ4v) is 2.31. The SMILES string of the molecule is CCCC(C)(N)C(=O)Nc1ccc2cnn(CC)c2c1. The van der Waals surface area contributed by atoms with Gasteiger partial charge in [0, 0.05) is 17.6 Å². The van der Waals surface area contributed by atoms with Crippen LogP contribution in [0.3, 0.4) is 0 Å². The number of benzene rings is 1. The molecular weight excluding hydrogens is 252 g/mol. The topological polar surface area (TPSA) is 72.9 Å². The monoisotopic (exact) mass is 274 g/mol. The van der Waals surface area contributed by atoms with E-state index in [-0.39, 0.29) is 5.91 Å². The van der Waals surface area contributed by atoms with Gasteiger partial charge in [0.2, 0.25) is 5.91 Å². The molecule has 0 aliphatic heterocycles. The summed E-state index contributed by atoms with van der Waals surface area (Å²) in [6.45, 7) is 6.62. The number of anilines is 1. The first-order valence-electron chi connectivity index (χ1n) is 7.04. The molecule has 0 saturated carbocycles. The van der Waals surface area contributed by atoms with Crippen molar-refractivity contribution in [3.8, 4) is 0 Å². The number of nitrogens with one attached hydrogen (secondary N) is 1. The Labute approximate surface area is 119 Å². The fourth-order valence-electron chi connectivity index (χ4n) is 2.31. The van der Waals surface area contributed by atoms with Crippen molar-refractivity contribution in [1.29, 1.82) is 0 Å². The molecule has 1 aromatic carbocycles. The number of rotatable bonds is 5. The number of fused-ring (bicyclic) bond motifs is 1. The molecule has 0 bridgehead atoms. The smallest absolute Gasteiger partial charge is 0.244 e. The zero-order valence-electron chi connectivity index (χ0n) is 12.3. The molecule has 0 radical (unpaired) electrons. The number of nitrogens with zero attached hydrogens (tertiary/aromatic N) is 2. The Bertz CT molecular complexity index is 615. The molecule has 2 rings (SSSR count). The zero-order valence-corrected chi connectivity index (χ0v) is 12.3. The van der Waals surface area contributed by atoms with Crippen LogP contribution in [0, 0.1) is 0 Å². The number of nitrogens with two attached hydrogens (primary N) is 1. The van der Waals surface area contributed by atoms with Crippen molar-refractivity contribution in [2.45, 2.75) is 45.7 Å². The molecule has 0 fully saturated rings. The number of amides is 1. The number of aromatic nitrogens is 2. The third kappa shape index (κ3) is 2.82. The second-order valence-electron chi connectivity index (χ2n) is 5.36. The second kappa shape index (κ2) is 5.63. The molecule has 3 N–H and O–H groups in total. The Morgan fingerprint density at radius 1 is 1.45 bits per heavy atom. The maximum Gasteiger partial charge on any atom is 0.244 e. The number of carbonyl (C=O) groups is 1. The minimum Gasteiger partial charge on any atom is -0.324 e. The molecule has 5 heteroatoms. The van der Waals surface area contributed by atoms with Crippen LogP contribution >= 0.6 is 0 Å². The minimum absolute atomic E-state index is 0.152. The van der Waals surface area contributed by atoms with Crippen LogP contribution in [0.5, 0.6) is 0 Å². The molecule has 20 heavy (non-hydrogen) atoms. The van der Waals surface area contributed by atoms with E-state index in [1.54, 1.807) is 6.92 Å². The summed E-state index contributed by atoms with van der Waals surface area (Å²) in [6, 6.07) is 5.77. The highest BCUT2D eigenvalue weighted by molar-refractivity contribution is 5.99. The lowest BCUT2D eigenvalue weighted by Gasteiger charge is -2.22. The van der Waals surface area contributed by atoms with Gasteiger partial charge in [-0.3, -0.25) is 9.48 Å². The van der Waals surface area contributed by atoms with Gasteiger partial charge in [0.1, 0.15) is 0 Å². The quantitative estimate of drug-likeness (QED) is 0.880. The molecule has 0 aliphatic rings. The van der Waals surface area contributed by atoms with E-state index in [1.165, 1.54) is 0 Å². The van der Waals surface area contributed by atoms with Crippen molar-refractivity contribution in [1.82, 2.24) is 9.78 Å². The van der Waals surface area contributed by atoms with Crippen molar-refractivity contribution >= 4 is 22.5 Å². The first kappa shape index (κ1) is 14.5. The highest BCUT2D eigenvalue weighted by Gasteiger charge is 2.27. The van der Waals surface area contributed by atoms with E-state index in [0.29, 0.717) is 6.42 Å². The predicted molar refractivity (Wildman–Crippen MR) is 81.5 cm³/mol. The molecule has 0 aliphatic carbocycles. The Hall–Kier alpha value is -1.88. The largest absolute Gasteiger partial charge is 0.324 e. The van der Waals surface area contributed by atoms with Crippen LogP contribution in [0.1, 0.15) is 33.6 Å². The van der Waals surface area contributed by atoms with Crippen molar-refractivity contribution in [2.24, 2.45) is 5.73 Å². The summed E-state index contributed by atoms with van der Waals surface area (Å²) in [5, 5.41) is 8.25. The molecule has 2 aromatic rings. The molecule has 1 aromatic heterocycles. The Morgan fingerprint density at radius 3 is 2.85 bits per heavy atom. The number of aryl methyl sites for hydroxylation is 1. The van der Waals surface area contributed by atoms with E-state index in [9.17, 15) is 4.79 Å². The summed E-state index contributed by atoms with van der Waals surface area (Å²) < 4.78 is 1.90. The zero-order chi connectivity index (χ0) is 14.8. The lowest BCUT2D eigenvalue weighted by atomic mass is 9.96. The van der Waals surface area contributed by atoms with Gasteiger partial charge in [-0.15, -0.1) is 0 Å². The van der Waals surface area contributed by atoms with Gasteiger partial charge < -0.3 is 11.1 Å². The average molecular weight is 274 g/mol. The average Bonchev–Trinajstić information content (AvgIpc) is 2.80. The molecule has 1 unspecified atom stereocenters. The van der Waals surface area contributed by atoms with Gasteiger partial charge in [-0.05, 0) is 38.5 Å². The van der Waals surface area contributed by atoms with Crippen molar-refractivity contribution in [3.63, 3.8) is 0 Å². The Balaban J connectivity index is 2.23. The highest BCUT2D eigenvalue weighted by atomic mass is 16.2.